The summed E-state index contributed by atoms with van der Waals surface area (Å²) in [4.78, 5) is 12.9. The maximum absolute atomic E-state index is 10.7. The van der Waals surface area contributed by atoms with Gasteiger partial charge in [0.15, 0.2) is 0 Å². The Kier molecular flexibility index (Phi) is 4.77. The fourth-order valence-electron chi connectivity index (χ4n) is 1.63. The molecule has 0 aliphatic carbocycles. The molecule has 0 fully saturated rings. The summed E-state index contributed by atoms with van der Waals surface area (Å²) in [6, 6.07) is 5.92. The molecule has 86 valence electrons. The third kappa shape index (κ3) is 3.23. The summed E-state index contributed by atoms with van der Waals surface area (Å²) < 4.78 is 0. The molecule has 0 aliphatic rings. The van der Waals surface area contributed by atoms with Crippen LogP contribution in [-0.4, -0.2) is 19.9 Å². The predicted octanol–water partition coefficient (Wildman–Crippen LogP) is 3.21. The average molecular weight is 217 g/mol. The molecule has 0 bridgehead atoms. The van der Waals surface area contributed by atoms with Crippen molar-refractivity contribution in [3.8, 4) is 0 Å². The minimum absolute atomic E-state index is 0.767. The zero-order valence-corrected chi connectivity index (χ0v) is 10.1. The van der Waals surface area contributed by atoms with E-state index in [2.05, 4.69) is 24.6 Å². The molecule has 0 atom stereocenters. The average Bonchev–Trinajstić information content (AvgIpc) is 2.29. The van der Waals surface area contributed by atoms with E-state index in [0.717, 1.165) is 42.5 Å². The minimum Gasteiger partial charge on any atom is -0.375 e. The molecule has 2 heteroatoms. The monoisotopic (exact) mass is 217 g/mol. The van der Waals surface area contributed by atoms with Crippen LogP contribution in [-0.2, 0) is 0 Å². The van der Waals surface area contributed by atoms with Gasteiger partial charge in [0.1, 0.15) is 6.29 Å². The summed E-state index contributed by atoms with van der Waals surface area (Å²) in [5.74, 6) is 0. The number of carbonyl (C=O) groups excluding carboxylic acids is 1. The molecule has 0 N–H and O–H groups in total. The molecule has 1 rings (SSSR count). The Morgan fingerprint density at radius 2 is 2.19 bits per heavy atom. The van der Waals surface area contributed by atoms with Crippen LogP contribution in [0.1, 0.15) is 28.8 Å². The van der Waals surface area contributed by atoms with E-state index in [-0.39, 0.29) is 0 Å². The van der Waals surface area contributed by atoms with E-state index in [1.54, 1.807) is 0 Å². The van der Waals surface area contributed by atoms with Crippen LogP contribution < -0.4 is 4.90 Å². The number of carbonyl (C=O) groups is 1. The molecular weight excluding hydrogens is 198 g/mol. The van der Waals surface area contributed by atoms with Gasteiger partial charge in [0.2, 0.25) is 0 Å². The van der Waals surface area contributed by atoms with Gasteiger partial charge in [0.05, 0.1) is 0 Å². The molecule has 0 aliphatic heterocycles. The number of nitrogens with zero attached hydrogens (tertiary/aromatic N) is 1. The lowest BCUT2D eigenvalue weighted by atomic mass is 10.1. The van der Waals surface area contributed by atoms with E-state index in [9.17, 15) is 4.79 Å². The Morgan fingerprint density at radius 1 is 1.44 bits per heavy atom. The second kappa shape index (κ2) is 6.11. The van der Waals surface area contributed by atoms with Gasteiger partial charge in [-0.15, -0.1) is 6.58 Å². The Bertz CT molecular complexity index is 371. The maximum atomic E-state index is 10.7. The van der Waals surface area contributed by atoms with Crippen LogP contribution in [0.5, 0.6) is 0 Å². The quantitative estimate of drug-likeness (QED) is 0.414. The van der Waals surface area contributed by atoms with Crippen LogP contribution in [0, 0.1) is 6.92 Å². The van der Waals surface area contributed by atoms with Gasteiger partial charge in [-0.3, -0.25) is 4.79 Å². The van der Waals surface area contributed by atoms with E-state index in [0.29, 0.717) is 0 Å². The number of hydrogen-bond acceptors (Lipinski definition) is 2. The van der Waals surface area contributed by atoms with Crippen LogP contribution in [0.3, 0.4) is 0 Å². The molecule has 0 aromatic heterocycles. The summed E-state index contributed by atoms with van der Waals surface area (Å²) in [7, 11) is 2.07. The standard InChI is InChI=1S/C14H19NO/c1-4-5-6-9-15(3)14-8-7-13(11-16)12(2)10-14/h4,7-8,10-11H,1,5-6,9H2,2-3H3. The van der Waals surface area contributed by atoms with Crippen LogP contribution in [0.25, 0.3) is 0 Å². The smallest absolute Gasteiger partial charge is 0.150 e. The van der Waals surface area contributed by atoms with Crippen LogP contribution in [0.4, 0.5) is 5.69 Å². The number of hydrogen-bond donors (Lipinski definition) is 0. The van der Waals surface area contributed by atoms with Crippen molar-refractivity contribution in [3.63, 3.8) is 0 Å². The highest BCUT2D eigenvalue weighted by atomic mass is 16.1. The van der Waals surface area contributed by atoms with Crippen molar-refractivity contribution in [2.45, 2.75) is 19.8 Å². The largest absolute Gasteiger partial charge is 0.375 e. The molecule has 0 amide bonds. The number of rotatable bonds is 6. The number of unbranched alkanes of at least 4 members (excludes halogenated alkanes) is 1. The lowest BCUT2D eigenvalue weighted by molar-refractivity contribution is 0.112. The molecule has 0 unspecified atom stereocenters. The van der Waals surface area contributed by atoms with E-state index >= 15 is 0 Å². The highest BCUT2D eigenvalue weighted by Crippen LogP contribution is 2.17. The number of anilines is 1. The summed E-state index contributed by atoms with van der Waals surface area (Å²) in [6.07, 6.45) is 4.98. The Morgan fingerprint density at radius 3 is 2.75 bits per heavy atom. The molecule has 0 radical (unpaired) electrons. The van der Waals surface area contributed by atoms with E-state index in [1.165, 1.54) is 0 Å². The van der Waals surface area contributed by atoms with Crippen LogP contribution in [0.15, 0.2) is 30.9 Å². The van der Waals surface area contributed by atoms with Crippen molar-refractivity contribution >= 4 is 12.0 Å². The summed E-state index contributed by atoms with van der Waals surface area (Å²) in [5, 5.41) is 0. The molecule has 0 saturated carbocycles. The zero-order chi connectivity index (χ0) is 12.0. The third-order valence-corrected chi connectivity index (χ3v) is 2.72. The second-order valence-corrected chi connectivity index (χ2v) is 4.01. The Balaban J connectivity index is 2.68. The first-order valence-corrected chi connectivity index (χ1v) is 5.57. The Hall–Kier alpha value is -1.57. The minimum atomic E-state index is 0.767. The lowest BCUT2D eigenvalue weighted by Gasteiger charge is -2.19. The normalized spacial score (nSPS) is 9.88. The molecular formula is C14H19NO. The van der Waals surface area contributed by atoms with Gasteiger partial charge >= 0.3 is 0 Å². The van der Waals surface area contributed by atoms with Gasteiger partial charge < -0.3 is 4.90 Å². The molecule has 1 aromatic carbocycles. The van der Waals surface area contributed by atoms with E-state index < -0.39 is 0 Å². The van der Waals surface area contributed by atoms with Crippen LogP contribution >= 0.6 is 0 Å². The molecule has 0 spiro atoms. The first-order chi connectivity index (χ1) is 7.69. The first kappa shape index (κ1) is 12.5. The molecule has 16 heavy (non-hydrogen) atoms. The van der Waals surface area contributed by atoms with Gasteiger partial charge in [-0.25, -0.2) is 0 Å². The fraction of sp³-hybridized carbons (Fsp3) is 0.357. The molecule has 0 heterocycles. The third-order valence-electron chi connectivity index (χ3n) is 2.72. The predicted molar refractivity (Wildman–Crippen MR) is 69.3 cm³/mol. The number of allylic oxidation sites excluding steroid dienone is 1. The van der Waals surface area contributed by atoms with Crippen molar-refractivity contribution in [1.29, 1.82) is 0 Å². The summed E-state index contributed by atoms with van der Waals surface area (Å²) >= 11 is 0. The lowest BCUT2D eigenvalue weighted by Crippen LogP contribution is -2.18. The first-order valence-electron chi connectivity index (χ1n) is 5.57. The van der Waals surface area contributed by atoms with Crippen molar-refractivity contribution in [2.75, 3.05) is 18.5 Å². The topological polar surface area (TPSA) is 20.3 Å². The second-order valence-electron chi connectivity index (χ2n) is 4.01. The van der Waals surface area contributed by atoms with Gasteiger partial charge in [0.25, 0.3) is 0 Å². The van der Waals surface area contributed by atoms with Gasteiger partial charge in [-0.05, 0) is 43.5 Å². The maximum Gasteiger partial charge on any atom is 0.150 e. The van der Waals surface area contributed by atoms with Crippen molar-refractivity contribution in [2.24, 2.45) is 0 Å². The van der Waals surface area contributed by atoms with Gasteiger partial charge in [0, 0.05) is 24.8 Å². The number of benzene rings is 1. The molecule has 0 saturated heterocycles. The summed E-state index contributed by atoms with van der Waals surface area (Å²) in [6.45, 7) is 6.68. The SMILES string of the molecule is C=CCCCN(C)c1ccc(C=O)c(C)c1. The molecule has 1 aromatic rings. The summed E-state index contributed by atoms with van der Waals surface area (Å²) in [5.41, 5.74) is 2.96. The van der Waals surface area contributed by atoms with Crippen LogP contribution in [0.2, 0.25) is 0 Å². The van der Waals surface area contributed by atoms with Crippen molar-refractivity contribution < 1.29 is 4.79 Å². The van der Waals surface area contributed by atoms with E-state index in [1.807, 2.05) is 25.1 Å². The number of aryl methyl sites for hydroxylation is 1. The fourth-order valence-corrected chi connectivity index (χ4v) is 1.63. The van der Waals surface area contributed by atoms with Gasteiger partial charge in [-0.1, -0.05) is 6.08 Å². The highest BCUT2D eigenvalue weighted by Gasteiger charge is 2.03. The number of aldehydes is 1. The highest BCUT2D eigenvalue weighted by molar-refractivity contribution is 5.78. The van der Waals surface area contributed by atoms with Gasteiger partial charge in [-0.2, -0.15) is 0 Å². The van der Waals surface area contributed by atoms with Crippen molar-refractivity contribution in [3.05, 3.63) is 42.0 Å². The molecule has 2 nitrogen and oxygen atoms in total. The Labute approximate surface area is 97.6 Å². The van der Waals surface area contributed by atoms with E-state index in [4.69, 9.17) is 0 Å². The van der Waals surface area contributed by atoms with Crippen molar-refractivity contribution in [1.82, 2.24) is 0 Å². The zero-order valence-electron chi connectivity index (χ0n) is 10.1.